The monoisotopic (exact) mass is 194 g/mol. The van der Waals surface area contributed by atoms with Crippen molar-refractivity contribution in [2.24, 2.45) is 0 Å². The van der Waals surface area contributed by atoms with E-state index < -0.39 is 0 Å². The van der Waals surface area contributed by atoms with Gasteiger partial charge < -0.3 is 0 Å². The summed E-state index contributed by atoms with van der Waals surface area (Å²) in [7, 11) is 0. The van der Waals surface area contributed by atoms with E-state index in [-0.39, 0.29) is 0 Å². The minimum Gasteiger partial charge on any atom is -0.145 e. The number of hydrogen-bond donors (Lipinski definition) is 0. The maximum Gasteiger partial charge on any atom is 0.00830 e. The topological polar surface area (TPSA) is 0 Å². The summed E-state index contributed by atoms with van der Waals surface area (Å²) in [6.45, 7) is 0. The zero-order valence-corrected chi connectivity index (χ0v) is 8.88. The van der Waals surface area contributed by atoms with Gasteiger partial charge in [0.25, 0.3) is 0 Å². The molecule has 1 heterocycles. The van der Waals surface area contributed by atoms with Gasteiger partial charge in [0.1, 0.15) is 0 Å². The molecule has 3 rings (SSSR count). The van der Waals surface area contributed by atoms with Crippen LogP contribution in [0.4, 0.5) is 0 Å². The zero-order valence-electron chi connectivity index (χ0n) is 8.07. The Morgan fingerprint density at radius 3 is 1.62 bits per heavy atom. The Balaban J connectivity index is 2.09. The zero-order chi connectivity index (χ0) is 8.67. The van der Waals surface area contributed by atoms with E-state index in [0.717, 1.165) is 0 Å². The highest BCUT2D eigenvalue weighted by Gasteiger charge is 2.21. The van der Waals surface area contributed by atoms with Gasteiger partial charge in [0.2, 0.25) is 0 Å². The van der Waals surface area contributed by atoms with Crippen LogP contribution < -0.4 is 0 Å². The van der Waals surface area contributed by atoms with Crippen molar-refractivity contribution in [3.05, 3.63) is 20.9 Å². The first kappa shape index (κ1) is 8.05. The summed E-state index contributed by atoms with van der Waals surface area (Å²) in [5.41, 5.74) is 3.57. The van der Waals surface area contributed by atoms with Gasteiger partial charge >= 0.3 is 0 Å². The lowest BCUT2D eigenvalue weighted by Gasteiger charge is -2.15. The molecule has 0 aliphatic heterocycles. The van der Waals surface area contributed by atoms with Crippen LogP contribution in [-0.2, 0) is 25.7 Å². The van der Waals surface area contributed by atoms with Crippen molar-refractivity contribution in [1.29, 1.82) is 0 Å². The van der Waals surface area contributed by atoms with Crippen LogP contribution in [0.15, 0.2) is 0 Å². The number of rotatable bonds is 0. The molecule has 0 amide bonds. The third-order valence-corrected chi connectivity index (χ3v) is 4.84. The third kappa shape index (κ3) is 1.25. The van der Waals surface area contributed by atoms with Gasteiger partial charge in [-0.1, -0.05) is 0 Å². The predicted molar refractivity (Wildman–Crippen MR) is 57.6 cm³/mol. The van der Waals surface area contributed by atoms with Gasteiger partial charge in [-0.15, -0.1) is 11.3 Å². The van der Waals surface area contributed by atoms with Crippen LogP contribution in [0.1, 0.15) is 46.6 Å². The van der Waals surface area contributed by atoms with E-state index >= 15 is 0 Å². The van der Waals surface area contributed by atoms with Crippen LogP contribution in [0.5, 0.6) is 0 Å². The molecule has 0 saturated carbocycles. The molecule has 0 unspecified atom stereocenters. The maximum absolute atomic E-state index is 2.14. The van der Waals surface area contributed by atoms with E-state index in [1.807, 2.05) is 0 Å². The Kier molecular flexibility index (Phi) is 1.93. The average Bonchev–Trinajstić information content (AvgIpc) is 2.56. The smallest absolute Gasteiger partial charge is 0.00830 e. The lowest BCUT2D eigenvalue weighted by molar-refractivity contribution is 0.661. The van der Waals surface area contributed by atoms with Crippen molar-refractivity contribution in [2.75, 3.05) is 0 Å². The van der Waals surface area contributed by atoms with Gasteiger partial charge in [-0.25, -0.2) is 0 Å². The molecule has 1 heteroatoms. The average molecular weight is 194 g/mol. The first-order valence-electron chi connectivity index (χ1n) is 5.57. The van der Waals surface area contributed by atoms with Gasteiger partial charge in [0.15, 0.2) is 0 Å². The second-order valence-electron chi connectivity index (χ2n) is 4.32. The van der Waals surface area contributed by atoms with E-state index in [0.29, 0.717) is 0 Å². The molecule has 0 nitrogen and oxygen atoms in total. The summed E-state index contributed by atoms with van der Waals surface area (Å²) in [4.78, 5) is 3.50. The number of hydrogen-bond acceptors (Lipinski definition) is 1. The van der Waals surface area contributed by atoms with Crippen LogP contribution in [0.2, 0.25) is 0 Å². The summed E-state index contributed by atoms with van der Waals surface area (Å²) >= 11 is 2.14. The Hall–Kier alpha value is -0.300. The van der Waals surface area contributed by atoms with Crippen LogP contribution in [-0.4, -0.2) is 0 Å². The Morgan fingerprint density at radius 1 is 0.615 bits per heavy atom. The molecule has 70 valence electrons. The minimum absolute atomic E-state index is 1.38. The van der Waals surface area contributed by atoms with E-state index in [1.54, 1.807) is 20.9 Å². The number of fused-ring (bicyclic) bond motifs is 3. The predicted octanol–water partition coefficient (Wildman–Crippen LogP) is 3.51. The molecule has 0 bridgehead atoms. The molecule has 0 radical (unpaired) electrons. The van der Waals surface area contributed by atoms with Crippen LogP contribution in [0.25, 0.3) is 0 Å². The fraction of sp³-hybridized carbons (Fsp3) is 0.667. The number of thiophene rings is 1. The lowest BCUT2D eigenvalue weighted by Crippen LogP contribution is -2.04. The summed E-state index contributed by atoms with van der Waals surface area (Å²) in [5.74, 6) is 0. The molecule has 0 fully saturated rings. The second-order valence-corrected chi connectivity index (χ2v) is 5.51. The molecule has 0 saturated heterocycles. The Labute approximate surface area is 84.0 Å². The molecule has 1 aromatic heterocycles. The largest absolute Gasteiger partial charge is 0.145 e. The SMILES string of the molecule is C1CC[13c]2c(s[13c]3c2CCCC3)C1. The van der Waals surface area contributed by atoms with Crippen molar-refractivity contribution in [3.63, 3.8) is 0 Å². The fourth-order valence-electron chi connectivity index (χ4n) is 2.77. The molecule has 0 spiro atoms. The van der Waals surface area contributed by atoms with E-state index in [4.69, 9.17) is 0 Å². The standard InChI is InChI=1S/C12H16S/c1-3-7-11-9(5-1)10-6-2-4-8-12(10)13-11/h1-8H2/i9+1,12+1. The van der Waals surface area contributed by atoms with Gasteiger partial charge in [-0.2, -0.15) is 0 Å². The normalized spacial score (nSPS) is 20.9. The second kappa shape index (κ2) is 3.13. The Bertz CT molecular complexity index is 292. The minimum atomic E-state index is 1.38. The van der Waals surface area contributed by atoms with Crippen molar-refractivity contribution in [1.82, 2.24) is 0 Å². The summed E-state index contributed by atoms with van der Waals surface area (Å²) < 4.78 is 0. The third-order valence-electron chi connectivity index (χ3n) is 3.45. The van der Waals surface area contributed by atoms with E-state index in [1.165, 1.54) is 51.4 Å². The first-order valence-corrected chi connectivity index (χ1v) is 6.39. The quantitative estimate of drug-likeness (QED) is 0.593. The van der Waals surface area contributed by atoms with Crippen LogP contribution >= 0.6 is 11.3 Å². The Morgan fingerprint density at radius 2 is 1.08 bits per heavy atom. The molecule has 13 heavy (non-hydrogen) atoms. The van der Waals surface area contributed by atoms with Gasteiger partial charge in [-0.3, -0.25) is 0 Å². The molecule has 0 aromatic carbocycles. The molecular weight excluding hydrogens is 178 g/mol. The molecule has 1 aromatic rings. The van der Waals surface area contributed by atoms with Crippen molar-refractivity contribution < 1.29 is 0 Å². The fourth-order valence-corrected chi connectivity index (χ4v) is 4.25. The summed E-state index contributed by atoms with van der Waals surface area (Å²) in [6.07, 6.45) is 11.3. The highest BCUT2D eigenvalue weighted by molar-refractivity contribution is 7.12. The van der Waals surface area contributed by atoms with Crippen molar-refractivity contribution >= 4 is 11.3 Å². The van der Waals surface area contributed by atoms with Crippen LogP contribution in [0, 0.1) is 0 Å². The molecule has 0 atom stereocenters. The van der Waals surface area contributed by atoms with Crippen LogP contribution in [0.3, 0.4) is 0 Å². The summed E-state index contributed by atoms with van der Waals surface area (Å²) in [6, 6.07) is 0. The molecule has 2 aliphatic carbocycles. The van der Waals surface area contributed by atoms with Gasteiger partial charge in [-0.05, 0) is 62.5 Å². The molecular formula is C12H16S. The summed E-state index contributed by atoms with van der Waals surface area (Å²) in [5, 5.41) is 0. The molecule has 0 N–H and O–H groups in total. The number of aryl methyl sites for hydroxylation is 2. The van der Waals surface area contributed by atoms with E-state index in [9.17, 15) is 0 Å². The van der Waals surface area contributed by atoms with Gasteiger partial charge in [0, 0.05) is 9.75 Å². The van der Waals surface area contributed by atoms with E-state index in [2.05, 4.69) is 11.3 Å². The van der Waals surface area contributed by atoms with Crippen molar-refractivity contribution in [2.45, 2.75) is 51.4 Å². The first-order chi connectivity index (χ1) is 6.45. The lowest BCUT2D eigenvalue weighted by atomic mass is 10.0. The molecule has 2 aliphatic rings. The maximum atomic E-state index is 2.14. The van der Waals surface area contributed by atoms with Crippen molar-refractivity contribution in [3.8, 4) is 0 Å². The highest BCUT2D eigenvalue weighted by Crippen LogP contribution is 2.38. The highest BCUT2D eigenvalue weighted by atomic mass is 32.1. The van der Waals surface area contributed by atoms with Gasteiger partial charge in [0.05, 0.1) is 0 Å².